The maximum absolute atomic E-state index is 15.3. The summed E-state index contributed by atoms with van der Waals surface area (Å²) in [5.74, 6) is -6.24. The van der Waals surface area contributed by atoms with E-state index in [1.807, 2.05) is 6.92 Å². The number of rotatable bonds is 6. The summed E-state index contributed by atoms with van der Waals surface area (Å²) in [5.41, 5.74) is -0.324. The monoisotopic (exact) mass is 512 g/mol. The highest BCUT2D eigenvalue weighted by Gasteiger charge is 2.33. The third-order valence-corrected chi connectivity index (χ3v) is 6.02. The highest BCUT2D eigenvalue weighted by Crippen LogP contribution is 2.39. The highest BCUT2D eigenvalue weighted by molar-refractivity contribution is 5.86. The molecule has 0 N–H and O–H groups in total. The molecule has 0 amide bonds. The van der Waals surface area contributed by atoms with Crippen molar-refractivity contribution in [2.45, 2.75) is 45.4 Å². The van der Waals surface area contributed by atoms with Gasteiger partial charge in [-0.2, -0.15) is 0 Å². The van der Waals surface area contributed by atoms with Crippen LogP contribution in [0.2, 0.25) is 0 Å². The number of hydrogen-bond donors (Lipinski definition) is 0. The Balaban J connectivity index is 1.71. The Kier molecular flexibility index (Phi) is 7.11. The number of unbranched alkanes of at least 4 members (excludes halogenated alkanes) is 1. The lowest BCUT2D eigenvalue weighted by atomic mass is 9.85. The summed E-state index contributed by atoms with van der Waals surface area (Å²) >= 11 is 0. The van der Waals surface area contributed by atoms with Crippen LogP contribution in [0.5, 0.6) is 5.75 Å². The summed E-state index contributed by atoms with van der Waals surface area (Å²) in [6.07, 6.45) is -1.62. The molecule has 0 atom stereocenters. The zero-order valence-electron chi connectivity index (χ0n) is 19.0. The fourth-order valence-corrected chi connectivity index (χ4v) is 4.36. The Morgan fingerprint density at radius 1 is 0.806 bits per heavy atom. The van der Waals surface area contributed by atoms with Crippen LogP contribution < -0.4 is 4.74 Å². The van der Waals surface area contributed by atoms with E-state index >= 15 is 4.39 Å². The fraction of sp³-hybridized carbons (Fsp3) is 0.259. The second kappa shape index (κ2) is 9.95. The van der Waals surface area contributed by atoms with Crippen LogP contribution in [0, 0.1) is 29.1 Å². The van der Waals surface area contributed by atoms with Gasteiger partial charge in [-0.15, -0.1) is 13.2 Å². The molecular weight excluding hydrogens is 492 g/mol. The minimum atomic E-state index is -5.14. The van der Waals surface area contributed by atoms with Gasteiger partial charge in [0.2, 0.25) is 0 Å². The molecule has 0 spiro atoms. The van der Waals surface area contributed by atoms with Crippen LogP contribution in [0.3, 0.4) is 0 Å². The van der Waals surface area contributed by atoms with Crippen molar-refractivity contribution in [3.05, 3.63) is 87.7 Å². The molecule has 190 valence electrons. The van der Waals surface area contributed by atoms with Crippen LogP contribution in [-0.2, 0) is 12.8 Å². The zero-order chi connectivity index (χ0) is 26.2. The standard InChI is InChI=1S/C27H20F8O/c1-2-3-4-14-9-20(29)24(21(30)10-14)15-5-7-18-17(11-15)13-22(31)25(26(18)32)16-6-8-23(19(28)12-16)36-27(33,34)35/h6,8-13H,2-5,7H2,1H3. The molecule has 1 aliphatic carbocycles. The van der Waals surface area contributed by atoms with Crippen LogP contribution in [0.1, 0.15) is 48.4 Å². The molecule has 3 aromatic rings. The van der Waals surface area contributed by atoms with Gasteiger partial charge in [0.05, 0.1) is 5.56 Å². The number of hydrogen-bond acceptors (Lipinski definition) is 1. The van der Waals surface area contributed by atoms with E-state index in [-0.39, 0.29) is 40.7 Å². The van der Waals surface area contributed by atoms with E-state index in [1.54, 1.807) is 0 Å². The Labute approximate surface area is 202 Å². The molecule has 1 nitrogen and oxygen atoms in total. The van der Waals surface area contributed by atoms with E-state index in [4.69, 9.17) is 0 Å². The van der Waals surface area contributed by atoms with Gasteiger partial charge in [0.25, 0.3) is 0 Å². The van der Waals surface area contributed by atoms with E-state index in [1.165, 1.54) is 18.2 Å². The highest BCUT2D eigenvalue weighted by atomic mass is 19.4. The molecule has 1 aliphatic rings. The van der Waals surface area contributed by atoms with Crippen molar-refractivity contribution in [3.8, 4) is 16.9 Å². The number of fused-ring (bicyclic) bond motifs is 1. The van der Waals surface area contributed by atoms with Crippen LogP contribution >= 0.6 is 0 Å². The van der Waals surface area contributed by atoms with E-state index < -0.39 is 46.8 Å². The van der Waals surface area contributed by atoms with Gasteiger partial charge in [0, 0.05) is 5.56 Å². The molecule has 0 saturated heterocycles. The first kappa shape index (κ1) is 25.7. The molecular formula is C27H20F8O. The minimum Gasteiger partial charge on any atom is -0.403 e. The van der Waals surface area contributed by atoms with Crippen LogP contribution in [0.4, 0.5) is 35.1 Å². The molecule has 0 radical (unpaired) electrons. The topological polar surface area (TPSA) is 9.23 Å². The van der Waals surface area contributed by atoms with Crippen molar-refractivity contribution in [2.24, 2.45) is 0 Å². The Morgan fingerprint density at radius 3 is 2.08 bits per heavy atom. The molecule has 36 heavy (non-hydrogen) atoms. The summed E-state index contributed by atoms with van der Waals surface area (Å²) in [7, 11) is 0. The van der Waals surface area contributed by atoms with E-state index in [2.05, 4.69) is 4.74 Å². The summed E-state index contributed by atoms with van der Waals surface area (Å²) in [6, 6.07) is 5.56. The average molecular weight is 512 g/mol. The second-order valence-electron chi connectivity index (χ2n) is 8.52. The maximum atomic E-state index is 15.3. The zero-order valence-corrected chi connectivity index (χ0v) is 19.0. The SMILES string of the molecule is CCCCc1cc(F)c(C2=Cc3cc(F)c(-c4ccc(OC(F)(F)F)c(F)c4)c(F)c3CC2)c(F)c1. The smallest absolute Gasteiger partial charge is 0.403 e. The lowest BCUT2D eigenvalue weighted by molar-refractivity contribution is -0.275. The van der Waals surface area contributed by atoms with Gasteiger partial charge >= 0.3 is 6.36 Å². The lowest BCUT2D eigenvalue weighted by Gasteiger charge is -2.21. The molecule has 0 bridgehead atoms. The van der Waals surface area contributed by atoms with Crippen LogP contribution in [0.15, 0.2) is 36.4 Å². The average Bonchev–Trinajstić information content (AvgIpc) is 2.78. The number of ether oxygens (including phenoxy) is 1. The quantitative estimate of drug-likeness (QED) is 0.300. The molecule has 0 aliphatic heterocycles. The van der Waals surface area contributed by atoms with Crippen molar-refractivity contribution >= 4 is 11.6 Å². The molecule has 0 heterocycles. The lowest BCUT2D eigenvalue weighted by Crippen LogP contribution is -2.18. The third kappa shape index (κ3) is 5.24. The normalized spacial score (nSPS) is 13.4. The van der Waals surface area contributed by atoms with E-state index in [0.717, 1.165) is 25.0 Å². The molecule has 0 unspecified atom stereocenters. The van der Waals surface area contributed by atoms with Crippen molar-refractivity contribution in [2.75, 3.05) is 0 Å². The number of alkyl halides is 3. The van der Waals surface area contributed by atoms with Gasteiger partial charge in [-0.3, -0.25) is 0 Å². The van der Waals surface area contributed by atoms with Crippen molar-refractivity contribution in [1.82, 2.24) is 0 Å². The predicted octanol–water partition coefficient (Wildman–Crippen LogP) is 8.78. The predicted molar refractivity (Wildman–Crippen MR) is 120 cm³/mol. The summed E-state index contributed by atoms with van der Waals surface area (Å²) in [6.45, 7) is 1.96. The summed E-state index contributed by atoms with van der Waals surface area (Å²) in [4.78, 5) is 0. The molecule has 4 rings (SSSR count). The molecule has 9 heteroatoms. The molecule has 3 aromatic carbocycles. The van der Waals surface area contributed by atoms with E-state index in [0.29, 0.717) is 24.1 Å². The number of allylic oxidation sites excluding steroid dienone is 1. The fourth-order valence-electron chi connectivity index (χ4n) is 4.36. The molecule has 0 saturated carbocycles. The van der Waals surface area contributed by atoms with Crippen molar-refractivity contribution in [1.29, 1.82) is 0 Å². The summed E-state index contributed by atoms with van der Waals surface area (Å²) in [5, 5.41) is 0. The van der Waals surface area contributed by atoms with Crippen molar-refractivity contribution < 1.29 is 39.9 Å². The first-order valence-corrected chi connectivity index (χ1v) is 11.2. The van der Waals surface area contributed by atoms with Gasteiger partial charge in [-0.05, 0) is 83.8 Å². The first-order valence-electron chi connectivity index (χ1n) is 11.2. The van der Waals surface area contributed by atoms with Crippen LogP contribution in [0.25, 0.3) is 22.8 Å². The number of aryl methyl sites for hydroxylation is 1. The Hall–Kier alpha value is -3.36. The van der Waals surface area contributed by atoms with Crippen LogP contribution in [-0.4, -0.2) is 6.36 Å². The number of halogens is 8. The first-order chi connectivity index (χ1) is 17.0. The Bertz CT molecular complexity index is 1320. The molecule has 0 fully saturated rings. The van der Waals surface area contributed by atoms with Gasteiger partial charge in [-0.25, -0.2) is 22.0 Å². The largest absolute Gasteiger partial charge is 0.573 e. The number of benzene rings is 3. The van der Waals surface area contributed by atoms with Gasteiger partial charge in [0.15, 0.2) is 11.6 Å². The van der Waals surface area contributed by atoms with E-state index in [9.17, 15) is 30.7 Å². The minimum absolute atomic E-state index is 0.0193. The van der Waals surface area contributed by atoms with Gasteiger partial charge < -0.3 is 4.74 Å². The maximum Gasteiger partial charge on any atom is 0.573 e. The van der Waals surface area contributed by atoms with Gasteiger partial charge in [0.1, 0.15) is 23.3 Å². The summed E-state index contributed by atoms with van der Waals surface area (Å²) < 4.78 is 115. The Morgan fingerprint density at radius 2 is 1.47 bits per heavy atom. The second-order valence-corrected chi connectivity index (χ2v) is 8.52. The third-order valence-electron chi connectivity index (χ3n) is 6.02. The van der Waals surface area contributed by atoms with Crippen molar-refractivity contribution in [3.63, 3.8) is 0 Å². The molecule has 0 aromatic heterocycles. The van der Waals surface area contributed by atoms with Gasteiger partial charge in [-0.1, -0.05) is 25.5 Å².